The minimum atomic E-state index is -0.0897. The van der Waals surface area contributed by atoms with E-state index >= 15 is 0 Å². The zero-order chi connectivity index (χ0) is 27.7. The predicted molar refractivity (Wildman–Crippen MR) is 159 cm³/mol. The first-order chi connectivity index (χ1) is 19.6. The van der Waals surface area contributed by atoms with Crippen LogP contribution in [0.4, 0.5) is 5.69 Å². The number of ether oxygens (including phenoxy) is 1. The number of anilines is 1. The van der Waals surface area contributed by atoms with E-state index in [1.807, 2.05) is 47.4 Å². The molecule has 0 aromatic heterocycles. The molecular weight excluding hydrogens is 496 g/mol. The fourth-order valence-electron chi connectivity index (χ4n) is 5.87. The van der Waals surface area contributed by atoms with Crippen LogP contribution in [0.5, 0.6) is 0 Å². The number of carbonyl (C=O) groups is 1. The molecule has 2 atom stereocenters. The number of carbonyl (C=O) groups excluding carboxylic acids is 1. The van der Waals surface area contributed by atoms with E-state index in [2.05, 4.69) is 59.2 Å². The molecule has 0 aliphatic carbocycles. The molecule has 0 unspecified atom stereocenters. The van der Waals surface area contributed by atoms with Crippen LogP contribution in [-0.2, 0) is 16.1 Å². The van der Waals surface area contributed by atoms with Crippen LogP contribution in [0.1, 0.15) is 60.5 Å². The second kappa shape index (κ2) is 13.6. The van der Waals surface area contributed by atoms with Gasteiger partial charge in [0.1, 0.15) is 0 Å². The molecule has 6 nitrogen and oxygen atoms in total. The van der Waals surface area contributed by atoms with Gasteiger partial charge in [-0.3, -0.25) is 9.69 Å². The van der Waals surface area contributed by atoms with Crippen LogP contribution >= 0.6 is 0 Å². The molecule has 0 N–H and O–H groups in total. The van der Waals surface area contributed by atoms with Gasteiger partial charge in [-0.1, -0.05) is 61.5 Å². The molecule has 0 saturated carbocycles. The van der Waals surface area contributed by atoms with E-state index < -0.39 is 0 Å². The number of rotatable bonds is 10. The summed E-state index contributed by atoms with van der Waals surface area (Å²) in [6.07, 6.45) is 3.21. The summed E-state index contributed by atoms with van der Waals surface area (Å²) in [5, 5.41) is 9.13. The van der Waals surface area contributed by atoms with Gasteiger partial charge in [-0.2, -0.15) is 5.26 Å². The van der Waals surface area contributed by atoms with Crippen molar-refractivity contribution in [3.8, 4) is 6.07 Å². The fraction of sp³-hybridized carbons (Fsp3) is 0.412. The first-order valence-electron chi connectivity index (χ1n) is 14.7. The number of piperazine rings is 1. The average molecular weight is 537 g/mol. The first kappa shape index (κ1) is 27.9. The highest BCUT2D eigenvalue weighted by molar-refractivity contribution is 5.83. The van der Waals surface area contributed by atoms with Crippen molar-refractivity contribution in [2.45, 2.75) is 44.8 Å². The molecule has 2 saturated heterocycles. The van der Waals surface area contributed by atoms with Crippen LogP contribution < -0.4 is 4.90 Å². The Balaban J connectivity index is 1.25. The van der Waals surface area contributed by atoms with Gasteiger partial charge in [0.15, 0.2) is 0 Å². The Morgan fingerprint density at radius 3 is 2.25 bits per heavy atom. The third-order valence-electron chi connectivity index (χ3n) is 8.26. The Morgan fingerprint density at radius 2 is 1.57 bits per heavy atom. The van der Waals surface area contributed by atoms with Crippen LogP contribution in [-0.4, -0.2) is 61.5 Å². The molecule has 0 bridgehead atoms. The zero-order valence-corrected chi connectivity index (χ0v) is 23.5. The van der Waals surface area contributed by atoms with Crippen molar-refractivity contribution in [2.24, 2.45) is 0 Å². The molecule has 6 heteroatoms. The van der Waals surface area contributed by atoms with E-state index in [-0.39, 0.29) is 17.9 Å². The quantitative estimate of drug-likeness (QED) is 0.330. The lowest BCUT2D eigenvalue weighted by Crippen LogP contribution is -2.50. The molecule has 2 aliphatic heterocycles. The van der Waals surface area contributed by atoms with Gasteiger partial charge in [0.05, 0.1) is 30.3 Å². The van der Waals surface area contributed by atoms with Crippen LogP contribution in [0.25, 0.3) is 0 Å². The van der Waals surface area contributed by atoms with Gasteiger partial charge in [0, 0.05) is 51.5 Å². The monoisotopic (exact) mass is 536 g/mol. The SMILES string of the molecule is CC[C@H](C(=O)N1CCN(C[C@@H](OCc2ccc(C#N)cc2)c2cccc(N3CCCC3)c2)CC1)c1ccccc1. The van der Waals surface area contributed by atoms with Gasteiger partial charge in [0.25, 0.3) is 0 Å². The van der Waals surface area contributed by atoms with Crippen molar-refractivity contribution < 1.29 is 9.53 Å². The van der Waals surface area contributed by atoms with Crippen molar-refractivity contribution in [1.29, 1.82) is 5.26 Å². The van der Waals surface area contributed by atoms with E-state index in [0.717, 1.165) is 63.4 Å². The Kier molecular flexibility index (Phi) is 9.49. The minimum absolute atomic E-state index is 0.0791. The van der Waals surface area contributed by atoms with E-state index in [0.29, 0.717) is 12.2 Å². The van der Waals surface area contributed by atoms with Crippen molar-refractivity contribution in [3.05, 3.63) is 101 Å². The topological polar surface area (TPSA) is 59.8 Å². The number of hydrogen-bond acceptors (Lipinski definition) is 5. The highest BCUT2D eigenvalue weighted by Gasteiger charge is 2.29. The van der Waals surface area contributed by atoms with Crippen LogP contribution in [0.15, 0.2) is 78.9 Å². The average Bonchev–Trinajstić information content (AvgIpc) is 3.56. The number of nitrogens with zero attached hydrogens (tertiary/aromatic N) is 4. The Bertz CT molecular complexity index is 1270. The molecule has 3 aromatic rings. The smallest absolute Gasteiger partial charge is 0.230 e. The molecular formula is C34H40N4O2. The van der Waals surface area contributed by atoms with Gasteiger partial charge in [-0.25, -0.2) is 0 Å². The number of benzene rings is 3. The van der Waals surface area contributed by atoms with Crippen molar-refractivity contribution in [1.82, 2.24) is 9.80 Å². The summed E-state index contributed by atoms with van der Waals surface area (Å²) in [6, 6.07) is 28.8. The van der Waals surface area contributed by atoms with Gasteiger partial charge in [-0.05, 0) is 60.2 Å². The van der Waals surface area contributed by atoms with Gasteiger partial charge in [0.2, 0.25) is 5.91 Å². The number of amides is 1. The fourth-order valence-corrected chi connectivity index (χ4v) is 5.87. The molecule has 3 aromatic carbocycles. The first-order valence-corrected chi connectivity index (χ1v) is 14.7. The normalized spacial score (nSPS) is 17.4. The molecule has 2 aliphatic rings. The second-order valence-electron chi connectivity index (χ2n) is 10.9. The minimum Gasteiger partial charge on any atom is -0.372 e. The maximum Gasteiger partial charge on any atom is 0.230 e. The Morgan fingerprint density at radius 1 is 0.875 bits per heavy atom. The summed E-state index contributed by atoms with van der Waals surface area (Å²) in [5.74, 6) is 0.157. The summed E-state index contributed by atoms with van der Waals surface area (Å²) in [4.78, 5) is 20.3. The van der Waals surface area contributed by atoms with E-state index in [9.17, 15) is 4.79 Å². The van der Waals surface area contributed by atoms with Gasteiger partial charge in [-0.15, -0.1) is 0 Å². The maximum absolute atomic E-state index is 13.4. The van der Waals surface area contributed by atoms with Gasteiger partial charge < -0.3 is 14.5 Å². The Labute approximate surface area is 238 Å². The number of nitriles is 1. The van der Waals surface area contributed by atoms with Gasteiger partial charge >= 0.3 is 0 Å². The van der Waals surface area contributed by atoms with E-state index in [1.54, 1.807) is 0 Å². The highest BCUT2D eigenvalue weighted by atomic mass is 16.5. The number of hydrogen-bond donors (Lipinski definition) is 0. The van der Waals surface area contributed by atoms with Crippen molar-refractivity contribution in [2.75, 3.05) is 50.7 Å². The van der Waals surface area contributed by atoms with Crippen LogP contribution in [0, 0.1) is 11.3 Å². The van der Waals surface area contributed by atoms with E-state index in [1.165, 1.54) is 24.1 Å². The summed E-state index contributed by atoms with van der Waals surface area (Å²) < 4.78 is 6.57. The molecule has 208 valence electrons. The Hall–Kier alpha value is -3.66. The molecule has 0 radical (unpaired) electrons. The summed E-state index contributed by atoms with van der Waals surface area (Å²) >= 11 is 0. The summed E-state index contributed by atoms with van der Waals surface area (Å²) in [5.41, 5.74) is 5.27. The molecule has 2 heterocycles. The summed E-state index contributed by atoms with van der Waals surface area (Å²) in [6.45, 7) is 8.71. The summed E-state index contributed by atoms with van der Waals surface area (Å²) in [7, 11) is 0. The molecule has 1 amide bonds. The maximum atomic E-state index is 13.4. The predicted octanol–water partition coefficient (Wildman–Crippen LogP) is 5.75. The largest absolute Gasteiger partial charge is 0.372 e. The lowest BCUT2D eigenvalue weighted by atomic mass is 9.94. The molecule has 40 heavy (non-hydrogen) atoms. The van der Waals surface area contributed by atoms with Crippen LogP contribution in [0.3, 0.4) is 0 Å². The highest BCUT2D eigenvalue weighted by Crippen LogP contribution is 2.28. The van der Waals surface area contributed by atoms with Crippen LogP contribution in [0.2, 0.25) is 0 Å². The standard InChI is InChI=1S/C34H40N4O2/c1-2-32(29-9-4-3-5-10-29)34(39)38-21-19-36(20-22-38)25-33(40-26-28-15-13-27(24-35)14-16-28)30-11-8-12-31(23-30)37-17-6-7-18-37/h3-5,8-16,23,32-33H,2,6-7,17-22,25-26H2,1H3/t32-,33+/m0/s1. The lowest BCUT2D eigenvalue weighted by Gasteiger charge is -2.38. The zero-order valence-electron chi connectivity index (χ0n) is 23.5. The van der Waals surface area contributed by atoms with Crippen molar-refractivity contribution >= 4 is 11.6 Å². The second-order valence-corrected chi connectivity index (χ2v) is 10.9. The third-order valence-corrected chi connectivity index (χ3v) is 8.26. The van der Waals surface area contributed by atoms with Crippen molar-refractivity contribution in [3.63, 3.8) is 0 Å². The lowest BCUT2D eigenvalue weighted by molar-refractivity contribution is -0.135. The third kappa shape index (κ3) is 6.91. The van der Waals surface area contributed by atoms with E-state index in [4.69, 9.17) is 10.00 Å². The molecule has 0 spiro atoms. The molecule has 5 rings (SSSR count). The molecule has 2 fully saturated rings.